The minimum absolute atomic E-state index is 0.430. The summed E-state index contributed by atoms with van der Waals surface area (Å²) in [7, 11) is 0. The molecule has 1 fully saturated rings. The fourth-order valence-corrected chi connectivity index (χ4v) is 1.96. The van der Waals surface area contributed by atoms with Gasteiger partial charge in [0.2, 0.25) is 0 Å². The Kier molecular flexibility index (Phi) is 2.48. The van der Waals surface area contributed by atoms with E-state index in [1.807, 2.05) is 0 Å². The lowest BCUT2D eigenvalue weighted by Crippen LogP contribution is -2.10. The van der Waals surface area contributed by atoms with E-state index in [0.717, 1.165) is 25.1 Å². The van der Waals surface area contributed by atoms with E-state index < -0.39 is 0 Å². The summed E-state index contributed by atoms with van der Waals surface area (Å²) in [5, 5.41) is 0. The van der Waals surface area contributed by atoms with Crippen molar-refractivity contribution in [2.75, 3.05) is 5.73 Å². The lowest BCUT2D eigenvalue weighted by molar-refractivity contribution is 0.503. The van der Waals surface area contributed by atoms with Crippen LogP contribution in [0.25, 0.3) is 0 Å². The minimum Gasteiger partial charge on any atom is -0.384 e. The topological polar surface area (TPSA) is 51.8 Å². The highest BCUT2D eigenvalue weighted by Gasteiger charge is 2.19. The number of hydrogen-bond acceptors (Lipinski definition) is 3. The molecule has 0 amide bonds. The molecule has 2 rings (SSSR count). The van der Waals surface area contributed by atoms with E-state index >= 15 is 0 Å². The second-order valence-corrected chi connectivity index (χ2v) is 3.88. The molecule has 1 aromatic heterocycles. The summed E-state index contributed by atoms with van der Waals surface area (Å²) < 4.78 is 0. The van der Waals surface area contributed by atoms with E-state index in [-0.39, 0.29) is 0 Å². The van der Waals surface area contributed by atoms with Crippen molar-refractivity contribution in [2.45, 2.75) is 31.6 Å². The van der Waals surface area contributed by atoms with E-state index in [9.17, 15) is 0 Å². The number of aromatic nitrogens is 2. The third-order valence-corrected chi connectivity index (χ3v) is 2.68. The first-order chi connectivity index (χ1) is 6.75. The van der Waals surface area contributed by atoms with E-state index in [1.165, 1.54) is 12.0 Å². The number of rotatable bonds is 1. The highest BCUT2D eigenvalue weighted by atomic mass is 14.9. The van der Waals surface area contributed by atoms with Crippen LogP contribution < -0.4 is 5.73 Å². The summed E-state index contributed by atoms with van der Waals surface area (Å²) in [4.78, 5) is 8.52. The van der Waals surface area contributed by atoms with E-state index in [4.69, 9.17) is 5.73 Å². The van der Waals surface area contributed by atoms with Gasteiger partial charge in [0, 0.05) is 12.1 Å². The van der Waals surface area contributed by atoms with Crippen LogP contribution in [0.3, 0.4) is 0 Å². The Bertz CT molecular complexity index is 346. The zero-order valence-electron chi connectivity index (χ0n) is 8.24. The fraction of sp³-hybridized carbons (Fsp3) is 0.455. The van der Waals surface area contributed by atoms with Crippen molar-refractivity contribution in [1.29, 1.82) is 0 Å². The van der Waals surface area contributed by atoms with Crippen molar-refractivity contribution in [3.8, 4) is 0 Å². The summed E-state index contributed by atoms with van der Waals surface area (Å²) in [6, 6.07) is 1.72. The summed E-state index contributed by atoms with van der Waals surface area (Å²) in [6.07, 6.45) is 6.25. The van der Waals surface area contributed by atoms with Gasteiger partial charge in [0.05, 0.1) is 0 Å². The maximum absolute atomic E-state index is 5.63. The van der Waals surface area contributed by atoms with Gasteiger partial charge in [-0.3, -0.25) is 0 Å². The molecule has 1 atom stereocenters. The van der Waals surface area contributed by atoms with Crippen LogP contribution in [0.2, 0.25) is 0 Å². The lowest BCUT2D eigenvalue weighted by atomic mass is 9.86. The molecule has 14 heavy (non-hydrogen) atoms. The first-order valence-corrected chi connectivity index (χ1v) is 5.01. The lowest BCUT2D eigenvalue weighted by Gasteiger charge is -2.22. The Labute approximate surface area is 84.1 Å². The molecule has 2 N–H and O–H groups in total. The number of allylic oxidation sites excluding steroid dienone is 1. The molecule has 1 aliphatic rings. The van der Waals surface area contributed by atoms with Gasteiger partial charge in [-0.25, -0.2) is 9.97 Å². The first-order valence-electron chi connectivity index (χ1n) is 5.01. The average molecular weight is 189 g/mol. The molecule has 0 aromatic carbocycles. The van der Waals surface area contributed by atoms with Gasteiger partial charge in [0.15, 0.2) is 0 Å². The molecular weight excluding hydrogens is 174 g/mol. The minimum atomic E-state index is 0.430. The van der Waals surface area contributed by atoms with Crippen molar-refractivity contribution in [3.05, 3.63) is 30.2 Å². The van der Waals surface area contributed by atoms with E-state index in [0.29, 0.717) is 11.7 Å². The Morgan fingerprint density at radius 3 is 3.07 bits per heavy atom. The Balaban J connectivity index is 2.17. The Morgan fingerprint density at radius 2 is 2.36 bits per heavy atom. The number of nitrogen functional groups attached to an aromatic ring is 1. The van der Waals surface area contributed by atoms with Crippen molar-refractivity contribution < 1.29 is 0 Å². The van der Waals surface area contributed by atoms with Gasteiger partial charge in [-0.15, -0.1) is 0 Å². The van der Waals surface area contributed by atoms with Crippen molar-refractivity contribution in [1.82, 2.24) is 9.97 Å². The van der Waals surface area contributed by atoms with Crippen LogP contribution in [0.4, 0.5) is 5.82 Å². The average Bonchev–Trinajstić information content (AvgIpc) is 2.18. The Hall–Kier alpha value is -1.38. The highest BCUT2D eigenvalue weighted by Crippen LogP contribution is 2.33. The molecule has 1 aliphatic carbocycles. The molecule has 3 heteroatoms. The van der Waals surface area contributed by atoms with E-state index in [2.05, 4.69) is 16.5 Å². The molecule has 3 nitrogen and oxygen atoms in total. The number of nitrogens with zero attached hydrogens (tertiary/aromatic N) is 2. The molecule has 0 unspecified atom stereocenters. The molecule has 0 bridgehead atoms. The standard InChI is InChI=1S/C11H15N3/c1-8-3-2-4-9(7-8)11-13-6-5-10(12)14-11/h5-6,9H,1-4,7H2,(H2,12,13,14)/t9-/m0/s1. The van der Waals surface area contributed by atoms with Crippen LogP contribution in [0.1, 0.15) is 37.4 Å². The van der Waals surface area contributed by atoms with Gasteiger partial charge >= 0.3 is 0 Å². The molecule has 0 aliphatic heterocycles. The second kappa shape index (κ2) is 3.78. The second-order valence-electron chi connectivity index (χ2n) is 3.88. The van der Waals surface area contributed by atoms with Crippen molar-refractivity contribution >= 4 is 5.82 Å². The normalized spacial score (nSPS) is 22.3. The van der Waals surface area contributed by atoms with E-state index in [1.54, 1.807) is 12.3 Å². The van der Waals surface area contributed by atoms with Gasteiger partial charge in [-0.05, 0) is 31.7 Å². The third-order valence-electron chi connectivity index (χ3n) is 2.68. The Morgan fingerprint density at radius 1 is 1.50 bits per heavy atom. The maximum Gasteiger partial charge on any atom is 0.134 e. The monoisotopic (exact) mass is 189 g/mol. The van der Waals surface area contributed by atoms with Gasteiger partial charge in [-0.1, -0.05) is 12.2 Å². The predicted molar refractivity (Wildman–Crippen MR) is 56.8 cm³/mol. The fourth-order valence-electron chi connectivity index (χ4n) is 1.96. The largest absolute Gasteiger partial charge is 0.384 e. The van der Waals surface area contributed by atoms with Crippen LogP contribution in [0.15, 0.2) is 24.4 Å². The first kappa shape index (κ1) is 9.19. The van der Waals surface area contributed by atoms with Gasteiger partial charge < -0.3 is 5.73 Å². The SMILES string of the molecule is C=C1CCC[C@H](c2nccc(N)n2)C1. The van der Waals surface area contributed by atoms with Crippen LogP contribution in [-0.2, 0) is 0 Å². The predicted octanol–water partition coefficient (Wildman–Crippen LogP) is 2.27. The quantitative estimate of drug-likeness (QED) is 0.689. The van der Waals surface area contributed by atoms with Crippen molar-refractivity contribution in [2.24, 2.45) is 0 Å². The third kappa shape index (κ3) is 1.92. The molecule has 1 aromatic rings. The molecule has 0 saturated heterocycles. The zero-order valence-corrected chi connectivity index (χ0v) is 8.24. The number of nitrogens with two attached hydrogens (primary N) is 1. The summed E-state index contributed by atoms with van der Waals surface area (Å²) >= 11 is 0. The molecule has 0 radical (unpaired) electrons. The molecule has 1 saturated carbocycles. The zero-order chi connectivity index (χ0) is 9.97. The number of hydrogen-bond donors (Lipinski definition) is 1. The summed E-state index contributed by atoms with van der Waals surface area (Å²) in [6.45, 7) is 4.03. The van der Waals surface area contributed by atoms with Crippen LogP contribution in [-0.4, -0.2) is 9.97 Å². The van der Waals surface area contributed by atoms with Gasteiger partial charge in [-0.2, -0.15) is 0 Å². The van der Waals surface area contributed by atoms with Gasteiger partial charge in [0.25, 0.3) is 0 Å². The molecule has 0 spiro atoms. The summed E-state index contributed by atoms with van der Waals surface area (Å²) in [5.41, 5.74) is 6.94. The van der Waals surface area contributed by atoms with Crippen molar-refractivity contribution in [3.63, 3.8) is 0 Å². The maximum atomic E-state index is 5.63. The number of anilines is 1. The van der Waals surface area contributed by atoms with Gasteiger partial charge in [0.1, 0.15) is 11.6 Å². The van der Waals surface area contributed by atoms with Crippen LogP contribution in [0.5, 0.6) is 0 Å². The molecular formula is C11H15N3. The van der Waals surface area contributed by atoms with Crippen LogP contribution in [0, 0.1) is 0 Å². The molecule has 74 valence electrons. The highest BCUT2D eigenvalue weighted by molar-refractivity contribution is 5.26. The smallest absolute Gasteiger partial charge is 0.134 e. The van der Waals surface area contributed by atoms with Crippen LogP contribution >= 0.6 is 0 Å². The summed E-state index contributed by atoms with van der Waals surface area (Å²) in [5.74, 6) is 1.87. The molecule has 1 heterocycles.